The van der Waals surface area contributed by atoms with Gasteiger partial charge in [-0.1, -0.05) is 6.92 Å². The molecule has 0 rings (SSSR count). The Labute approximate surface area is 231 Å². The van der Waals surface area contributed by atoms with Crippen LogP contribution in [0.15, 0.2) is 0 Å². The minimum Gasteiger partial charge on any atom is -0.444 e. The Hall–Kier alpha value is -1.87. The maximum Gasteiger partial charge on any atom is 0.408 e. The standard InChI is InChI=1S/C29H57N3O6/c1-13-22(33)31-26(5,6)17-20-37-29(11,12)16-19-30-23(34)14-15-28(9,10)36-21-18-27(7,8)32-24(35)38-25(2,3)4/h13-21H2,1-12H3,(H,30,34)(H,31,33)(H,32,35). The summed E-state index contributed by atoms with van der Waals surface area (Å²) in [6.07, 6.45) is 2.95. The molecule has 38 heavy (non-hydrogen) atoms. The van der Waals surface area contributed by atoms with Gasteiger partial charge in [0, 0.05) is 43.7 Å². The Bertz CT molecular complexity index is 754. The van der Waals surface area contributed by atoms with Gasteiger partial charge in [-0.3, -0.25) is 9.59 Å². The van der Waals surface area contributed by atoms with E-state index in [2.05, 4.69) is 16.0 Å². The molecule has 224 valence electrons. The van der Waals surface area contributed by atoms with Crippen LogP contribution in [0.1, 0.15) is 122 Å². The number of amides is 3. The second kappa shape index (κ2) is 15.1. The second-order valence-electron chi connectivity index (χ2n) is 13.6. The van der Waals surface area contributed by atoms with Crippen LogP contribution in [-0.4, -0.2) is 65.5 Å². The molecule has 0 aliphatic carbocycles. The van der Waals surface area contributed by atoms with Crippen LogP contribution in [0.2, 0.25) is 0 Å². The van der Waals surface area contributed by atoms with Crippen molar-refractivity contribution in [1.29, 1.82) is 0 Å². The van der Waals surface area contributed by atoms with Crippen LogP contribution in [0.25, 0.3) is 0 Å². The zero-order valence-electron chi connectivity index (χ0n) is 26.3. The van der Waals surface area contributed by atoms with E-state index in [1.165, 1.54) is 0 Å². The molecule has 0 saturated heterocycles. The molecule has 0 radical (unpaired) electrons. The molecule has 3 N–H and O–H groups in total. The van der Waals surface area contributed by atoms with Crippen molar-refractivity contribution in [2.24, 2.45) is 0 Å². The molecule has 0 aliphatic heterocycles. The monoisotopic (exact) mass is 543 g/mol. The van der Waals surface area contributed by atoms with E-state index in [1.54, 1.807) is 0 Å². The zero-order valence-corrected chi connectivity index (χ0v) is 26.3. The van der Waals surface area contributed by atoms with Crippen molar-refractivity contribution in [3.8, 4) is 0 Å². The Morgan fingerprint density at radius 3 is 1.58 bits per heavy atom. The van der Waals surface area contributed by atoms with Crippen LogP contribution in [-0.2, 0) is 23.8 Å². The lowest BCUT2D eigenvalue weighted by molar-refractivity contribution is -0.123. The maximum absolute atomic E-state index is 12.4. The highest BCUT2D eigenvalue weighted by molar-refractivity contribution is 5.76. The van der Waals surface area contributed by atoms with Crippen molar-refractivity contribution >= 4 is 17.9 Å². The predicted octanol–water partition coefficient (Wildman–Crippen LogP) is 5.25. The van der Waals surface area contributed by atoms with E-state index in [0.29, 0.717) is 58.3 Å². The molecular formula is C29H57N3O6. The lowest BCUT2D eigenvalue weighted by atomic mass is 9.99. The molecule has 0 saturated carbocycles. The van der Waals surface area contributed by atoms with E-state index in [1.807, 2.05) is 83.1 Å². The summed E-state index contributed by atoms with van der Waals surface area (Å²) in [4.78, 5) is 36.1. The van der Waals surface area contributed by atoms with Crippen molar-refractivity contribution in [3.63, 3.8) is 0 Å². The summed E-state index contributed by atoms with van der Waals surface area (Å²) < 4.78 is 17.4. The SMILES string of the molecule is CCC(=O)NC(C)(C)CCOC(C)(C)CCNC(=O)CCC(C)(C)OCCC(C)(C)NC(=O)OC(C)(C)C. The fourth-order valence-electron chi connectivity index (χ4n) is 3.49. The third-order valence-corrected chi connectivity index (χ3v) is 6.08. The first-order valence-corrected chi connectivity index (χ1v) is 13.9. The molecule has 0 aliphatic rings. The van der Waals surface area contributed by atoms with Crippen molar-refractivity contribution in [1.82, 2.24) is 16.0 Å². The Balaban J connectivity index is 4.30. The molecule has 0 aromatic rings. The molecule has 0 bridgehead atoms. The van der Waals surface area contributed by atoms with Gasteiger partial charge >= 0.3 is 6.09 Å². The van der Waals surface area contributed by atoms with E-state index in [4.69, 9.17) is 14.2 Å². The zero-order chi connectivity index (χ0) is 29.8. The number of ether oxygens (including phenoxy) is 3. The summed E-state index contributed by atoms with van der Waals surface area (Å²) in [5, 5.41) is 8.86. The average molecular weight is 544 g/mol. The van der Waals surface area contributed by atoms with Gasteiger partial charge in [-0.25, -0.2) is 4.79 Å². The van der Waals surface area contributed by atoms with Crippen LogP contribution in [0.3, 0.4) is 0 Å². The predicted molar refractivity (Wildman–Crippen MR) is 152 cm³/mol. The first kappa shape index (κ1) is 36.1. The van der Waals surface area contributed by atoms with E-state index in [9.17, 15) is 14.4 Å². The molecule has 0 aromatic heterocycles. The average Bonchev–Trinajstić information content (AvgIpc) is 2.69. The summed E-state index contributed by atoms with van der Waals surface area (Å²) in [6.45, 7) is 24.6. The lowest BCUT2D eigenvalue weighted by Crippen LogP contribution is -2.46. The third-order valence-electron chi connectivity index (χ3n) is 6.08. The van der Waals surface area contributed by atoms with Gasteiger partial charge in [0.2, 0.25) is 11.8 Å². The summed E-state index contributed by atoms with van der Waals surface area (Å²) in [5.74, 6) is 0.0115. The summed E-state index contributed by atoms with van der Waals surface area (Å²) >= 11 is 0. The van der Waals surface area contributed by atoms with Crippen molar-refractivity contribution in [2.75, 3.05) is 19.8 Å². The molecule has 0 heterocycles. The molecule has 0 spiro atoms. The van der Waals surface area contributed by atoms with E-state index < -0.39 is 22.8 Å². The minimum absolute atomic E-state index is 0.0205. The van der Waals surface area contributed by atoms with Crippen LogP contribution >= 0.6 is 0 Å². The number of nitrogens with one attached hydrogen (secondary N) is 3. The molecule has 0 atom stereocenters. The molecule has 0 fully saturated rings. The van der Waals surface area contributed by atoms with Gasteiger partial charge in [-0.05, 0) is 102 Å². The maximum atomic E-state index is 12.4. The van der Waals surface area contributed by atoms with Gasteiger partial charge in [0.15, 0.2) is 0 Å². The van der Waals surface area contributed by atoms with Crippen molar-refractivity contribution < 1.29 is 28.6 Å². The number of carbonyl (C=O) groups is 3. The fourth-order valence-corrected chi connectivity index (χ4v) is 3.49. The first-order valence-electron chi connectivity index (χ1n) is 13.9. The van der Waals surface area contributed by atoms with Gasteiger partial charge in [0.05, 0.1) is 11.2 Å². The Morgan fingerprint density at radius 2 is 1.11 bits per heavy atom. The molecule has 9 nitrogen and oxygen atoms in total. The fraction of sp³-hybridized carbons (Fsp3) is 0.897. The van der Waals surface area contributed by atoms with E-state index >= 15 is 0 Å². The highest BCUT2D eigenvalue weighted by Gasteiger charge is 2.27. The summed E-state index contributed by atoms with van der Waals surface area (Å²) in [6, 6.07) is 0. The molecule has 3 amide bonds. The van der Waals surface area contributed by atoms with Gasteiger partial charge < -0.3 is 30.2 Å². The first-order chi connectivity index (χ1) is 17.1. The topological polar surface area (TPSA) is 115 Å². The van der Waals surface area contributed by atoms with Crippen LogP contribution in [0.5, 0.6) is 0 Å². The summed E-state index contributed by atoms with van der Waals surface area (Å²) in [7, 11) is 0. The summed E-state index contributed by atoms with van der Waals surface area (Å²) in [5.41, 5.74) is -2.21. The van der Waals surface area contributed by atoms with Gasteiger partial charge in [-0.2, -0.15) is 0 Å². The van der Waals surface area contributed by atoms with Crippen LogP contribution in [0, 0.1) is 0 Å². The molecule has 9 heteroatoms. The highest BCUT2D eigenvalue weighted by Crippen LogP contribution is 2.20. The van der Waals surface area contributed by atoms with Gasteiger partial charge in [-0.15, -0.1) is 0 Å². The van der Waals surface area contributed by atoms with Crippen LogP contribution in [0.4, 0.5) is 4.79 Å². The van der Waals surface area contributed by atoms with E-state index in [-0.39, 0.29) is 23.0 Å². The highest BCUT2D eigenvalue weighted by atomic mass is 16.6. The van der Waals surface area contributed by atoms with Crippen molar-refractivity contribution in [2.45, 2.75) is 149 Å². The second-order valence-corrected chi connectivity index (χ2v) is 13.6. The molecular weight excluding hydrogens is 486 g/mol. The van der Waals surface area contributed by atoms with Gasteiger partial charge in [0.1, 0.15) is 5.60 Å². The minimum atomic E-state index is -0.548. The molecule has 0 aromatic carbocycles. The molecule has 0 unspecified atom stereocenters. The Morgan fingerprint density at radius 1 is 0.632 bits per heavy atom. The number of hydrogen-bond donors (Lipinski definition) is 3. The Kier molecular flexibility index (Phi) is 14.3. The van der Waals surface area contributed by atoms with Gasteiger partial charge in [0.25, 0.3) is 0 Å². The quantitative estimate of drug-likeness (QED) is 0.231. The number of hydrogen-bond acceptors (Lipinski definition) is 6. The lowest BCUT2D eigenvalue weighted by Gasteiger charge is -2.31. The largest absolute Gasteiger partial charge is 0.444 e. The smallest absolute Gasteiger partial charge is 0.408 e. The number of rotatable bonds is 17. The van der Waals surface area contributed by atoms with Crippen LogP contribution < -0.4 is 16.0 Å². The number of carbonyl (C=O) groups excluding carboxylic acids is 3. The third kappa shape index (κ3) is 19.2. The van der Waals surface area contributed by atoms with Crippen molar-refractivity contribution in [3.05, 3.63) is 0 Å². The number of alkyl carbamates (subject to hydrolysis) is 1. The van der Waals surface area contributed by atoms with E-state index in [0.717, 1.165) is 0 Å². The normalized spacial score (nSPS) is 13.2.